The van der Waals surface area contributed by atoms with Crippen LogP contribution < -0.4 is 4.57 Å². The number of hydrogen-bond donors (Lipinski definition) is 2. The van der Waals surface area contributed by atoms with E-state index in [0.717, 1.165) is 5.56 Å². The Balaban J connectivity index is 2.38. The molecule has 1 heterocycles. The second-order valence-electron chi connectivity index (χ2n) is 4.85. The summed E-state index contributed by atoms with van der Waals surface area (Å²) < 4.78 is 33.5. The van der Waals surface area contributed by atoms with Crippen LogP contribution in [0, 0.1) is 0 Å². The molecular formula is C16H18NO4S+. The lowest BCUT2D eigenvalue weighted by Crippen LogP contribution is -2.34. The molecule has 0 aliphatic heterocycles. The molecule has 0 saturated carbocycles. The summed E-state index contributed by atoms with van der Waals surface area (Å²) >= 11 is 0. The zero-order valence-corrected chi connectivity index (χ0v) is 12.8. The van der Waals surface area contributed by atoms with Crippen molar-refractivity contribution in [2.75, 3.05) is 12.4 Å². The minimum absolute atomic E-state index is 0.0295. The Morgan fingerprint density at radius 3 is 2.27 bits per heavy atom. The Kier molecular flexibility index (Phi) is 5.43. The van der Waals surface area contributed by atoms with Crippen molar-refractivity contribution in [3.63, 3.8) is 0 Å². The lowest BCUT2D eigenvalue weighted by Gasteiger charge is -2.06. The first-order valence-electron chi connectivity index (χ1n) is 6.79. The van der Waals surface area contributed by atoms with Crippen molar-refractivity contribution in [1.29, 1.82) is 0 Å². The Morgan fingerprint density at radius 1 is 1.09 bits per heavy atom. The highest BCUT2D eigenvalue weighted by molar-refractivity contribution is 7.86. The quantitative estimate of drug-likeness (QED) is 0.623. The van der Waals surface area contributed by atoms with Crippen LogP contribution in [0.2, 0.25) is 0 Å². The molecule has 2 N–H and O–H groups in total. The second kappa shape index (κ2) is 7.31. The minimum Gasteiger partial charge on any atom is -0.390 e. The third-order valence-corrected chi connectivity index (χ3v) is 3.77. The van der Waals surface area contributed by atoms with Gasteiger partial charge in [-0.25, -0.2) is 4.57 Å². The van der Waals surface area contributed by atoms with Gasteiger partial charge >= 0.3 is 0 Å². The van der Waals surface area contributed by atoms with Gasteiger partial charge < -0.3 is 5.11 Å². The first-order valence-corrected chi connectivity index (χ1v) is 8.40. The van der Waals surface area contributed by atoms with E-state index in [9.17, 15) is 8.42 Å². The molecule has 2 aromatic rings. The van der Waals surface area contributed by atoms with Gasteiger partial charge in [-0.05, 0) is 16.7 Å². The molecule has 0 unspecified atom stereocenters. The highest BCUT2D eigenvalue weighted by Crippen LogP contribution is 2.19. The van der Waals surface area contributed by atoms with Gasteiger partial charge in [0.15, 0.2) is 18.9 Å². The topological polar surface area (TPSA) is 78.5 Å². The normalized spacial score (nSPS) is 12.4. The molecule has 0 aliphatic carbocycles. The van der Waals surface area contributed by atoms with E-state index < -0.39 is 15.9 Å². The van der Waals surface area contributed by atoms with Gasteiger partial charge in [0.1, 0.15) is 12.4 Å². The number of benzene rings is 1. The number of aliphatic hydroxyl groups excluding tert-OH is 1. The van der Waals surface area contributed by atoms with Crippen LogP contribution in [-0.2, 0) is 16.7 Å². The van der Waals surface area contributed by atoms with Crippen molar-refractivity contribution in [1.82, 2.24) is 0 Å². The molecule has 0 bridgehead atoms. The molecule has 2 rings (SSSR count). The van der Waals surface area contributed by atoms with Crippen LogP contribution >= 0.6 is 0 Å². The smallest absolute Gasteiger partial charge is 0.269 e. The molecule has 0 radical (unpaired) electrons. The summed E-state index contributed by atoms with van der Waals surface area (Å²) in [4.78, 5) is 0. The van der Waals surface area contributed by atoms with E-state index in [1.54, 1.807) is 35.2 Å². The fourth-order valence-corrected chi connectivity index (χ4v) is 2.73. The maximum atomic E-state index is 11.3. The summed E-state index contributed by atoms with van der Waals surface area (Å²) in [6, 6.07) is 12.8. The molecule has 5 nitrogen and oxygen atoms in total. The van der Waals surface area contributed by atoms with Gasteiger partial charge in [-0.2, -0.15) is 8.42 Å². The fraction of sp³-hybridized carbons (Fsp3) is 0.188. The van der Waals surface area contributed by atoms with Crippen LogP contribution in [0.25, 0.3) is 11.6 Å². The summed E-state index contributed by atoms with van der Waals surface area (Å²) in [6.45, 7) is 0.498. The molecule has 1 aromatic heterocycles. The summed E-state index contributed by atoms with van der Waals surface area (Å²) in [6.07, 6.45) is 5.25. The number of nitrogens with zero attached hydrogens (tertiary/aromatic N) is 1. The van der Waals surface area contributed by atoms with Gasteiger partial charge in [0.05, 0.1) is 0 Å². The van der Waals surface area contributed by atoms with E-state index in [1.807, 2.05) is 30.3 Å². The Hall–Kier alpha value is -2.02. The van der Waals surface area contributed by atoms with Crippen molar-refractivity contribution < 1.29 is 22.6 Å². The van der Waals surface area contributed by atoms with Crippen LogP contribution in [0.3, 0.4) is 0 Å². The Labute approximate surface area is 129 Å². The summed E-state index contributed by atoms with van der Waals surface area (Å²) in [5, 5.41) is 8.90. The van der Waals surface area contributed by atoms with Crippen molar-refractivity contribution in [3.8, 4) is 0 Å². The lowest BCUT2D eigenvalue weighted by atomic mass is 10.1. The molecule has 0 amide bonds. The van der Waals surface area contributed by atoms with E-state index in [-0.39, 0.29) is 6.61 Å². The van der Waals surface area contributed by atoms with E-state index >= 15 is 0 Å². The molecule has 6 heteroatoms. The van der Waals surface area contributed by atoms with E-state index in [1.165, 1.54) is 0 Å². The monoisotopic (exact) mass is 320 g/mol. The van der Waals surface area contributed by atoms with Crippen LogP contribution in [-0.4, -0.2) is 30.4 Å². The Bertz CT molecular complexity index is 737. The van der Waals surface area contributed by atoms with Crippen molar-refractivity contribution >= 4 is 21.8 Å². The van der Waals surface area contributed by atoms with E-state index in [2.05, 4.69) is 0 Å². The van der Waals surface area contributed by atoms with Gasteiger partial charge in [0.25, 0.3) is 10.1 Å². The summed E-state index contributed by atoms with van der Waals surface area (Å²) in [7, 11) is -4.13. The zero-order chi connectivity index (χ0) is 16.0. The molecule has 116 valence electrons. The average Bonchev–Trinajstić information content (AvgIpc) is 2.47. The third kappa shape index (κ3) is 5.07. The molecule has 0 saturated heterocycles. The maximum Gasteiger partial charge on any atom is 0.269 e. The van der Waals surface area contributed by atoms with Gasteiger partial charge in [-0.3, -0.25) is 4.55 Å². The standard InChI is InChI=1S/C16H17NO4S/c18-11-10-17-8-6-15(7-9-17)16(13-22(19,20)21)12-14-4-2-1-3-5-14/h1-9,12,18H,10-11,13H2/p+1/b16-12+. The number of aromatic nitrogens is 1. The first kappa shape index (κ1) is 16.4. The third-order valence-electron chi connectivity index (χ3n) is 3.10. The molecule has 22 heavy (non-hydrogen) atoms. The fourth-order valence-electron chi connectivity index (χ4n) is 2.09. The van der Waals surface area contributed by atoms with E-state index in [4.69, 9.17) is 9.66 Å². The zero-order valence-electron chi connectivity index (χ0n) is 12.0. The molecule has 0 aliphatic rings. The van der Waals surface area contributed by atoms with Crippen molar-refractivity contribution in [2.45, 2.75) is 6.54 Å². The van der Waals surface area contributed by atoms with Gasteiger partial charge in [0, 0.05) is 12.1 Å². The SMILES string of the molecule is O=S(=O)(O)C/C(=C\c1ccccc1)c1cc[n+](CCO)cc1. The highest BCUT2D eigenvalue weighted by atomic mass is 32.2. The largest absolute Gasteiger partial charge is 0.390 e. The van der Waals surface area contributed by atoms with Crippen LogP contribution in [0.15, 0.2) is 54.9 Å². The Morgan fingerprint density at radius 2 is 1.73 bits per heavy atom. The lowest BCUT2D eigenvalue weighted by molar-refractivity contribution is -0.698. The van der Waals surface area contributed by atoms with Crippen molar-refractivity contribution in [3.05, 3.63) is 66.0 Å². The van der Waals surface area contributed by atoms with Crippen molar-refractivity contribution in [2.24, 2.45) is 0 Å². The molecular weight excluding hydrogens is 302 g/mol. The molecule has 0 spiro atoms. The summed E-state index contributed by atoms with van der Waals surface area (Å²) in [5.41, 5.74) is 2.06. The number of aliphatic hydroxyl groups is 1. The average molecular weight is 320 g/mol. The maximum absolute atomic E-state index is 11.3. The molecule has 0 atom stereocenters. The van der Waals surface area contributed by atoms with Gasteiger partial charge in [-0.15, -0.1) is 0 Å². The van der Waals surface area contributed by atoms with Crippen LogP contribution in [0.1, 0.15) is 11.1 Å². The van der Waals surface area contributed by atoms with Crippen LogP contribution in [0.4, 0.5) is 0 Å². The molecule has 0 fully saturated rings. The van der Waals surface area contributed by atoms with E-state index in [0.29, 0.717) is 17.7 Å². The predicted molar refractivity (Wildman–Crippen MR) is 84.5 cm³/mol. The van der Waals surface area contributed by atoms with Crippen LogP contribution in [0.5, 0.6) is 0 Å². The second-order valence-corrected chi connectivity index (χ2v) is 6.31. The molecule has 1 aromatic carbocycles. The van der Waals surface area contributed by atoms with Gasteiger partial charge in [0.2, 0.25) is 0 Å². The first-order chi connectivity index (χ1) is 10.5. The number of hydrogen-bond acceptors (Lipinski definition) is 3. The summed E-state index contributed by atoms with van der Waals surface area (Å²) in [5.74, 6) is -0.452. The van der Waals surface area contributed by atoms with Gasteiger partial charge in [-0.1, -0.05) is 36.4 Å². The predicted octanol–water partition coefficient (Wildman–Crippen LogP) is 1.39. The number of pyridine rings is 1. The minimum atomic E-state index is -4.13. The number of rotatable bonds is 6. The highest BCUT2D eigenvalue weighted by Gasteiger charge is 2.13.